The van der Waals surface area contributed by atoms with Crippen LogP contribution in [0.4, 0.5) is 0 Å². The third-order valence-electron chi connectivity index (χ3n) is 5.37. The fourth-order valence-electron chi connectivity index (χ4n) is 4.12. The lowest BCUT2D eigenvalue weighted by molar-refractivity contribution is -0.142. The molecule has 1 amide bonds. The Kier molecular flexibility index (Phi) is 5.20. The Morgan fingerprint density at radius 2 is 2.03 bits per heavy atom. The summed E-state index contributed by atoms with van der Waals surface area (Å²) < 4.78 is 12.6. The molecule has 0 fully saturated rings. The number of carbonyl (C=O) groups excluding carboxylic acids is 2. The Hall–Kier alpha value is -2.99. The molecular formula is C22H21ClN2O4. The average Bonchev–Trinajstić information content (AvgIpc) is 3.26. The molecule has 3 aromatic rings. The number of hydrogen-bond donors (Lipinski definition) is 1. The molecule has 4 rings (SSSR count). The van der Waals surface area contributed by atoms with Gasteiger partial charge in [0.1, 0.15) is 5.75 Å². The number of methoxy groups -OCH3 is 1. The highest BCUT2D eigenvalue weighted by molar-refractivity contribution is 6.30. The minimum atomic E-state index is -0.469. The predicted molar refractivity (Wildman–Crippen MR) is 110 cm³/mol. The van der Waals surface area contributed by atoms with Crippen molar-refractivity contribution in [3.8, 4) is 5.75 Å². The van der Waals surface area contributed by atoms with Crippen LogP contribution in [0.2, 0.25) is 5.02 Å². The number of nitrogens with zero attached hydrogens (tertiary/aromatic N) is 1. The first-order chi connectivity index (χ1) is 14.0. The van der Waals surface area contributed by atoms with Crippen LogP contribution in [0.25, 0.3) is 10.9 Å². The second-order valence-corrected chi connectivity index (χ2v) is 7.52. The van der Waals surface area contributed by atoms with Crippen molar-refractivity contribution in [3.63, 3.8) is 0 Å². The number of aromatic nitrogens is 1. The summed E-state index contributed by atoms with van der Waals surface area (Å²) in [7, 11) is 1.31. The van der Waals surface area contributed by atoms with Crippen molar-refractivity contribution in [1.29, 1.82) is 0 Å². The number of halogens is 1. The fourth-order valence-corrected chi connectivity index (χ4v) is 4.33. The topological polar surface area (TPSA) is 83.6 Å². The van der Waals surface area contributed by atoms with Crippen molar-refractivity contribution in [2.45, 2.75) is 25.3 Å². The molecule has 1 atom stereocenters. The molecule has 1 aromatic heterocycles. The molecule has 1 aliphatic carbocycles. The van der Waals surface area contributed by atoms with E-state index in [4.69, 9.17) is 22.1 Å². The zero-order valence-electron chi connectivity index (χ0n) is 16.0. The van der Waals surface area contributed by atoms with Gasteiger partial charge in [0, 0.05) is 22.6 Å². The summed E-state index contributed by atoms with van der Waals surface area (Å²) in [5.74, 6) is -0.657. The number of esters is 1. The number of hydrogen-bond acceptors (Lipinski definition) is 4. The zero-order valence-corrected chi connectivity index (χ0v) is 16.7. The van der Waals surface area contributed by atoms with Gasteiger partial charge in [0.15, 0.2) is 6.61 Å². The molecule has 2 N–H and O–H groups in total. The number of rotatable bonds is 6. The van der Waals surface area contributed by atoms with E-state index in [1.165, 1.54) is 7.11 Å². The van der Waals surface area contributed by atoms with E-state index in [1.807, 2.05) is 36.4 Å². The molecule has 1 heterocycles. The van der Waals surface area contributed by atoms with E-state index in [2.05, 4.69) is 9.30 Å². The molecular weight excluding hydrogens is 392 g/mol. The van der Waals surface area contributed by atoms with Gasteiger partial charge in [-0.05, 0) is 48.2 Å². The number of primary amides is 1. The summed E-state index contributed by atoms with van der Waals surface area (Å²) >= 11 is 6.16. The lowest BCUT2D eigenvalue weighted by atomic mass is 9.99. The van der Waals surface area contributed by atoms with Crippen LogP contribution in [0.1, 0.15) is 29.2 Å². The van der Waals surface area contributed by atoms with E-state index in [1.54, 1.807) is 6.07 Å². The molecule has 0 bridgehead atoms. The maximum atomic E-state index is 12.1. The molecule has 0 radical (unpaired) electrons. The van der Waals surface area contributed by atoms with Crippen LogP contribution in [0.3, 0.4) is 0 Å². The smallest absolute Gasteiger partial charge is 0.343 e. The van der Waals surface area contributed by atoms with Crippen LogP contribution in [-0.4, -0.2) is 30.2 Å². The van der Waals surface area contributed by atoms with E-state index in [0.717, 1.165) is 34.1 Å². The van der Waals surface area contributed by atoms with Crippen LogP contribution in [-0.2, 0) is 27.3 Å². The third-order valence-corrected chi connectivity index (χ3v) is 5.60. The molecule has 7 heteroatoms. The predicted octanol–water partition coefficient (Wildman–Crippen LogP) is 3.41. The van der Waals surface area contributed by atoms with Crippen molar-refractivity contribution in [2.24, 2.45) is 5.73 Å². The van der Waals surface area contributed by atoms with Gasteiger partial charge in [-0.3, -0.25) is 4.79 Å². The first-order valence-electron chi connectivity index (χ1n) is 9.37. The molecule has 29 heavy (non-hydrogen) atoms. The number of ether oxygens (including phenoxy) is 2. The lowest BCUT2D eigenvalue weighted by Gasteiger charge is -2.12. The van der Waals surface area contributed by atoms with E-state index in [-0.39, 0.29) is 18.4 Å². The van der Waals surface area contributed by atoms with Gasteiger partial charge in [-0.25, -0.2) is 4.79 Å². The molecule has 6 nitrogen and oxygen atoms in total. The highest BCUT2D eigenvalue weighted by atomic mass is 35.5. The van der Waals surface area contributed by atoms with Gasteiger partial charge < -0.3 is 19.8 Å². The summed E-state index contributed by atoms with van der Waals surface area (Å²) in [5.41, 5.74) is 9.65. The molecule has 0 aliphatic heterocycles. The number of nitrogens with two attached hydrogens (primary N) is 1. The standard InChI is InChI=1S/C22H21ClN2O4/c1-28-19(26)12-29-18-7-3-6-16-21(18)20-15(22(24)27)8-9-17(20)25(16)11-13-4-2-5-14(23)10-13/h2-7,10,15H,8-9,11-12H2,1H3,(H2,24,27). The number of benzene rings is 2. The van der Waals surface area contributed by atoms with E-state index < -0.39 is 5.97 Å². The van der Waals surface area contributed by atoms with Crippen molar-refractivity contribution in [2.75, 3.05) is 13.7 Å². The average molecular weight is 413 g/mol. The Balaban J connectivity index is 1.86. The zero-order chi connectivity index (χ0) is 20.5. The quantitative estimate of drug-likeness (QED) is 0.629. The molecule has 0 spiro atoms. The SMILES string of the molecule is COC(=O)COc1cccc2c1c1c(n2Cc2cccc(Cl)c2)CCC1C(N)=O. The van der Waals surface area contributed by atoms with Gasteiger partial charge in [0.25, 0.3) is 0 Å². The maximum absolute atomic E-state index is 12.1. The summed E-state index contributed by atoms with van der Waals surface area (Å²) in [4.78, 5) is 23.7. The Bertz CT molecular complexity index is 1110. The van der Waals surface area contributed by atoms with Gasteiger partial charge >= 0.3 is 5.97 Å². The molecule has 2 aromatic carbocycles. The highest BCUT2D eigenvalue weighted by Gasteiger charge is 2.34. The summed E-state index contributed by atoms with van der Waals surface area (Å²) in [5, 5.41) is 1.50. The van der Waals surface area contributed by atoms with Gasteiger partial charge in [0.2, 0.25) is 5.91 Å². The molecule has 0 saturated carbocycles. The van der Waals surface area contributed by atoms with Crippen LogP contribution in [0.5, 0.6) is 5.75 Å². The first kappa shape index (κ1) is 19.3. The Morgan fingerprint density at radius 1 is 1.24 bits per heavy atom. The number of carbonyl (C=O) groups is 2. The highest BCUT2D eigenvalue weighted by Crippen LogP contribution is 2.44. The van der Waals surface area contributed by atoms with E-state index >= 15 is 0 Å². The van der Waals surface area contributed by atoms with Crippen LogP contribution >= 0.6 is 11.6 Å². The van der Waals surface area contributed by atoms with Crippen molar-refractivity contribution < 1.29 is 19.1 Å². The van der Waals surface area contributed by atoms with Crippen molar-refractivity contribution >= 4 is 34.4 Å². The summed E-state index contributed by atoms with van der Waals surface area (Å²) in [6, 6.07) is 13.4. The van der Waals surface area contributed by atoms with Gasteiger partial charge in [-0.1, -0.05) is 29.8 Å². The Labute approximate surface area is 173 Å². The first-order valence-corrected chi connectivity index (χ1v) is 9.74. The van der Waals surface area contributed by atoms with Crippen LogP contribution in [0, 0.1) is 0 Å². The van der Waals surface area contributed by atoms with Gasteiger partial charge in [0.05, 0.1) is 18.5 Å². The van der Waals surface area contributed by atoms with E-state index in [9.17, 15) is 9.59 Å². The second-order valence-electron chi connectivity index (χ2n) is 7.09. The van der Waals surface area contributed by atoms with Gasteiger partial charge in [-0.2, -0.15) is 0 Å². The third kappa shape index (κ3) is 3.56. The Morgan fingerprint density at radius 3 is 2.76 bits per heavy atom. The van der Waals surface area contributed by atoms with Gasteiger partial charge in [-0.15, -0.1) is 0 Å². The molecule has 1 aliphatic rings. The minimum Gasteiger partial charge on any atom is -0.481 e. The summed E-state index contributed by atoms with van der Waals surface area (Å²) in [6.45, 7) is 0.406. The second kappa shape index (κ2) is 7.79. The fraction of sp³-hybridized carbons (Fsp3) is 0.273. The number of amides is 1. The maximum Gasteiger partial charge on any atom is 0.343 e. The normalized spacial score (nSPS) is 15.3. The van der Waals surface area contributed by atoms with Crippen LogP contribution in [0.15, 0.2) is 42.5 Å². The summed E-state index contributed by atoms with van der Waals surface area (Å²) in [6.07, 6.45) is 1.41. The lowest BCUT2D eigenvalue weighted by Crippen LogP contribution is -2.19. The number of fused-ring (bicyclic) bond motifs is 3. The monoisotopic (exact) mass is 412 g/mol. The largest absolute Gasteiger partial charge is 0.481 e. The minimum absolute atomic E-state index is 0.203. The molecule has 150 valence electrons. The molecule has 0 saturated heterocycles. The van der Waals surface area contributed by atoms with Crippen molar-refractivity contribution in [3.05, 3.63) is 64.3 Å². The van der Waals surface area contributed by atoms with Crippen LogP contribution < -0.4 is 10.5 Å². The molecule has 1 unspecified atom stereocenters. The van der Waals surface area contributed by atoms with E-state index in [0.29, 0.717) is 23.7 Å². The van der Waals surface area contributed by atoms with Crippen molar-refractivity contribution in [1.82, 2.24) is 4.57 Å².